The Morgan fingerprint density at radius 2 is 2.18 bits per heavy atom. The average molecular weight is 233 g/mol. The van der Waals surface area contributed by atoms with Crippen LogP contribution in [0.15, 0.2) is 18.2 Å². The number of amides is 1. The fourth-order valence-electron chi connectivity index (χ4n) is 2.30. The van der Waals surface area contributed by atoms with Gasteiger partial charge in [-0.2, -0.15) is 0 Å². The van der Waals surface area contributed by atoms with Crippen LogP contribution in [-0.4, -0.2) is 33.6 Å². The van der Waals surface area contributed by atoms with Crippen LogP contribution in [0, 0.1) is 0 Å². The standard InChI is InChI=1S/C13H19N3O/c1-14-8-11(15-2)9-4-5-12-10(6-9)7-13(17)16(12)3/h4-6,11,14-15H,7-8H2,1-3H3. The van der Waals surface area contributed by atoms with Crippen molar-refractivity contribution in [1.82, 2.24) is 10.6 Å². The van der Waals surface area contributed by atoms with Crippen LogP contribution in [0.4, 0.5) is 5.69 Å². The Hall–Kier alpha value is -1.39. The van der Waals surface area contributed by atoms with Crippen LogP contribution in [0.5, 0.6) is 0 Å². The van der Waals surface area contributed by atoms with Crippen LogP contribution in [0.2, 0.25) is 0 Å². The number of carbonyl (C=O) groups excluding carboxylic acids is 1. The van der Waals surface area contributed by atoms with Crippen molar-refractivity contribution < 1.29 is 4.79 Å². The Balaban J connectivity index is 2.29. The van der Waals surface area contributed by atoms with Crippen LogP contribution in [0.1, 0.15) is 17.2 Å². The predicted molar refractivity (Wildman–Crippen MR) is 69.3 cm³/mol. The monoisotopic (exact) mass is 233 g/mol. The Bertz CT molecular complexity index is 431. The van der Waals surface area contributed by atoms with E-state index >= 15 is 0 Å². The summed E-state index contributed by atoms with van der Waals surface area (Å²) in [6.07, 6.45) is 0.523. The van der Waals surface area contributed by atoms with Crippen molar-refractivity contribution in [2.24, 2.45) is 0 Å². The van der Waals surface area contributed by atoms with Gasteiger partial charge in [0.05, 0.1) is 6.42 Å². The van der Waals surface area contributed by atoms with Crippen LogP contribution in [0.3, 0.4) is 0 Å². The number of hydrogen-bond acceptors (Lipinski definition) is 3. The number of fused-ring (bicyclic) bond motifs is 1. The molecule has 1 aliphatic heterocycles. The van der Waals surface area contributed by atoms with Crippen molar-refractivity contribution in [1.29, 1.82) is 0 Å². The number of nitrogens with zero attached hydrogens (tertiary/aromatic N) is 1. The van der Waals surface area contributed by atoms with E-state index in [9.17, 15) is 4.79 Å². The Morgan fingerprint density at radius 1 is 1.41 bits per heavy atom. The summed E-state index contributed by atoms with van der Waals surface area (Å²) in [5.74, 6) is 0.173. The molecule has 0 aliphatic carbocycles. The van der Waals surface area contributed by atoms with E-state index in [0.29, 0.717) is 6.42 Å². The molecule has 4 heteroatoms. The van der Waals surface area contributed by atoms with Gasteiger partial charge in [-0.15, -0.1) is 0 Å². The zero-order valence-corrected chi connectivity index (χ0v) is 10.6. The van der Waals surface area contributed by atoms with Crippen molar-refractivity contribution in [3.8, 4) is 0 Å². The number of nitrogens with one attached hydrogen (secondary N) is 2. The first-order valence-corrected chi connectivity index (χ1v) is 5.88. The first-order valence-electron chi connectivity index (χ1n) is 5.88. The van der Waals surface area contributed by atoms with Crippen molar-refractivity contribution in [3.05, 3.63) is 29.3 Å². The number of benzene rings is 1. The molecule has 0 saturated carbocycles. The van der Waals surface area contributed by atoms with Crippen LogP contribution >= 0.6 is 0 Å². The molecule has 0 fully saturated rings. The van der Waals surface area contributed by atoms with Crippen molar-refractivity contribution in [2.45, 2.75) is 12.5 Å². The fourth-order valence-corrected chi connectivity index (χ4v) is 2.30. The minimum absolute atomic E-state index is 0.173. The predicted octanol–water partition coefficient (Wildman–Crippen LogP) is 0.685. The van der Waals surface area contributed by atoms with Crippen molar-refractivity contribution >= 4 is 11.6 Å². The van der Waals surface area contributed by atoms with E-state index in [4.69, 9.17) is 0 Å². The van der Waals surface area contributed by atoms with Gasteiger partial charge in [0.15, 0.2) is 0 Å². The summed E-state index contributed by atoms with van der Waals surface area (Å²) in [5, 5.41) is 6.43. The summed E-state index contributed by atoms with van der Waals surface area (Å²) in [5.41, 5.74) is 3.40. The molecule has 0 spiro atoms. The molecule has 0 radical (unpaired) electrons. The van der Waals surface area contributed by atoms with E-state index in [0.717, 1.165) is 17.8 Å². The van der Waals surface area contributed by atoms with E-state index < -0.39 is 0 Å². The molecule has 2 rings (SSSR count). The lowest BCUT2D eigenvalue weighted by Crippen LogP contribution is -2.27. The summed E-state index contributed by atoms with van der Waals surface area (Å²) in [7, 11) is 5.72. The average Bonchev–Trinajstić information content (AvgIpc) is 2.61. The minimum Gasteiger partial charge on any atom is -0.318 e. The molecule has 0 saturated heterocycles. The molecule has 2 N–H and O–H groups in total. The van der Waals surface area contributed by atoms with Crippen LogP contribution < -0.4 is 15.5 Å². The first-order chi connectivity index (χ1) is 8.17. The van der Waals surface area contributed by atoms with Crippen molar-refractivity contribution in [2.75, 3.05) is 32.6 Å². The highest BCUT2D eigenvalue weighted by atomic mass is 16.2. The summed E-state index contributed by atoms with van der Waals surface area (Å²) in [4.78, 5) is 13.3. The number of likely N-dealkylation sites (N-methyl/N-ethyl adjacent to an activating group) is 3. The van der Waals surface area contributed by atoms with Gasteiger partial charge in [-0.1, -0.05) is 12.1 Å². The molecule has 4 nitrogen and oxygen atoms in total. The Labute approximate surface area is 102 Å². The third-order valence-corrected chi connectivity index (χ3v) is 3.34. The Morgan fingerprint density at radius 3 is 2.82 bits per heavy atom. The fraction of sp³-hybridized carbons (Fsp3) is 0.462. The topological polar surface area (TPSA) is 44.4 Å². The molecule has 1 heterocycles. The summed E-state index contributed by atoms with van der Waals surface area (Å²) < 4.78 is 0. The normalized spacial score (nSPS) is 16.2. The molecule has 1 aromatic carbocycles. The molecule has 1 atom stereocenters. The second-order valence-corrected chi connectivity index (χ2v) is 4.42. The van der Waals surface area contributed by atoms with Gasteiger partial charge in [-0.25, -0.2) is 0 Å². The largest absolute Gasteiger partial charge is 0.318 e. The Kier molecular flexibility index (Phi) is 3.45. The number of rotatable bonds is 4. The van der Waals surface area contributed by atoms with Gasteiger partial charge in [-0.05, 0) is 31.3 Å². The maximum absolute atomic E-state index is 11.6. The van der Waals surface area contributed by atoms with E-state index in [1.54, 1.807) is 4.90 Å². The second kappa shape index (κ2) is 4.85. The smallest absolute Gasteiger partial charge is 0.231 e. The molecule has 92 valence electrons. The van der Waals surface area contributed by atoms with Gasteiger partial charge in [0, 0.05) is 25.3 Å². The SMILES string of the molecule is CNCC(NC)c1ccc2c(c1)CC(=O)N2C. The quantitative estimate of drug-likeness (QED) is 0.804. The molecule has 1 aliphatic rings. The van der Waals surface area contributed by atoms with Gasteiger partial charge >= 0.3 is 0 Å². The van der Waals surface area contributed by atoms with E-state index in [1.807, 2.05) is 27.2 Å². The molecule has 0 aromatic heterocycles. The summed E-state index contributed by atoms with van der Waals surface area (Å²) >= 11 is 0. The lowest BCUT2D eigenvalue weighted by molar-refractivity contribution is -0.117. The van der Waals surface area contributed by atoms with Crippen LogP contribution in [-0.2, 0) is 11.2 Å². The first kappa shape index (κ1) is 12.1. The lowest BCUT2D eigenvalue weighted by atomic mass is 10.0. The van der Waals surface area contributed by atoms with E-state index in [2.05, 4.69) is 22.8 Å². The minimum atomic E-state index is 0.173. The molecule has 1 unspecified atom stereocenters. The molecular formula is C13H19N3O. The number of anilines is 1. The molecule has 1 amide bonds. The van der Waals surface area contributed by atoms with Gasteiger partial charge in [0.2, 0.25) is 5.91 Å². The molecule has 0 bridgehead atoms. The number of hydrogen-bond donors (Lipinski definition) is 2. The van der Waals surface area contributed by atoms with E-state index in [1.165, 1.54) is 5.56 Å². The third-order valence-electron chi connectivity index (χ3n) is 3.34. The van der Waals surface area contributed by atoms with Crippen molar-refractivity contribution in [3.63, 3.8) is 0 Å². The van der Waals surface area contributed by atoms with Gasteiger partial charge in [-0.3, -0.25) is 4.79 Å². The molecular weight excluding hydrogens is 214 g/mol. The molecule has 17 heavy (non-hydrogen) atoms. The van der Waals surface area contributed by atoms with Gasteiger partial charge < -0.3 is 15.5 Å². The zero-order valence-electron chi connectivity index (χ0n) is 10.6. The summed E-state index contributed by atoms with van der Waals surface area (Å²) in [6.45, 7) is 0.874. The zero-order chi connectivity index (χ0) is 12.4. The maximum atomic E-state index is 11.6. The lowest BCUT2D eigenvalue weighted by Gasteiger charge is -2.17. The highest BCUT2D eigenvalue weighted by Gasteiger charge is 2.24. The van der Waals surface area contributed by atoms with Crippen LogP contribution in [0.25, 0.3) is 0 Å². The highest BCUT2D eigenvalue weighted by Crippen LogP contribution is 2.29. The maximum Gasteiger partial charge on any atom is 0.231 e. The van der Waals surface area contributed by atoms with E-state index in [-0.39, 0.29) is 11.9 Å². The second-order valence-electron chi connectivity index (χ2n) is 4.42. The van der Waals surface area contributed by atoms with Gasteiger partial charge in [0.25, 0.3) is 0 Å². The number of carbonyl (C=O) groups is 1. The third kappa shape index (κ3) is 2.18. The summed E-state index contributed by atoms with van der Waals surface area (Å²) in [6, 6.07) is 6.54. The highest BCUT2D eigenvalue weighted by molar-refractivity contribution is 6.00. The van der Waals surface area contributed by atoms with Gasteiger partial charge in [0.1, 0.15) is 0 Å². The molecule has 1 aromatic rings.